The van der Waals surface area contributed by atoms with Crippen molar-refractivity contribution in [2.45, 2.75) is 51.9 Å². The lowest BCUT2D eigenvalue weighted by molar-refractivity contribution is -0.00301. The van der Waals surface area contributed by atoms with E-state index in [1.54, 1.807) is 18.2 Å². The van der Waals surface area contributed by atoms with Crippen LogP contribution < -0.4 is 5.32 Å². The normalized spacial score (nSPS) is 12.1. The smallest absolute Gasteiger partial charge is 0.285 e. The summed E-state index contributed by atoms with van der Waals surface area (Å²) in [6, 6.07) is 8.02. The summed E-state index contributed by atoms with van der Waals surface area (Å²) in [7, 11) is 0. The molecule has 0 unspecified atom stereocenters. The second-order valence-corrected chi connectivity index (χ2v) is 5.84. The lowest BCUT2D eigenvalue weighted by atomic mass is 10.0. The van der Waals surface area contributed by atoms with Crippen molar-refractivity contribution >= 4 is 0 Å². The van der Waals surface area contributed by atoms with Crippen molar-refractivity contribution in [2.75, 3.05) is 13.1 Å². The molecule has 0 heterocycles. The summed E-state index contributed by atoms with van der Waals surface area (Å²) in [5.41, 5.74) is 0.0874. The van der Waals surface area contributed by atoms with E-state index < -0.39 is 5.92 Å². The van der Waals surface area contributed by atoms with E-state index >= 15 is 0 Å². The van der Waals surface area contributed by atoms with Gasteiger partial charge in [0.25, 0.3) is 5.92 Å². The van der Waals surface area contributed by atoms with Gasteiger partial charge in [-0.05, 0) is 18.9 Å². The molecule has 0 aliphatic carbocycles. The van der Waals surface area contributed by atoms with Gasteiger partial charge >= 0.3 is 0 Å². The van der Waals surface area contributed by atoms with Crippen molar-refractivity contribution in [2.24, 2.45) is 5.92 Å². The van der Waals surface area contributed by atoms with Gasteiger partial charge in [0.15, 0.2) is 0 Å². The minimum absolute atomic E-state index is 0.0874. The maximum Gasteiger partial charge on any atom is 0.285 e. The third-order valence-electron chi connectivity index (χ3n) is 3.43. The third-order valence-corrected chi connectivity index (χ3v) is 3.43. The first-order chi connectivity index (χ1) is 9.52. The van der Waals surface area contributed by atoms with Gasteiger partial charge in [-0.25, -0.2) is 0 Å². The molecule has 0 radical (unpaired) electrons. The van der Waals surface area contributed by atoms with Crippen LogP contribution in [0, 0.1) is 5.92 Å². The molecule has 0 amide bonds. The summed E-state index contributed by atoms with van der Waals surface area (Å²) in [5.74, 6) is -2.02. The van der Waals surface area contributed by atoms with Crippen LogP contribution in [0.5, 0.6) is 0 Å². The Kier molecular flexibility index (Phi) is 7.75. The predicted octanol–water partition coefficient (Wildman–Crippen LogP) is 4.97. The average Bonchev–Trinajstić information content (AvgIpc) is 2.42. The first-order valence-electron chi connectivity index (χ1n) is 7.66. The minimum atomic E-state index is -2.78. The fourth-order valence-electron chi connectivity index (χ4n) is 2.19. The zero-order valence-electron chi connectivity index (χ0n) is 12.7. The van der Waals surface area contributed by atoms with Crippen molar-refractivity contribution in [3.8, 4) is 0 Å². The molecule has 1 aromatic rings. The molecule has 0 aromatic heterocycles. The zero-order valence-corrected chi connectivity index (χ0v) is 12.7. The molecule has 1 aromatic carbocycles. The summed E-state index contributed by atoms with van der Waals surface area (Å²) in [5, 5.41) is 2.87. The van der Waals surface area contributed by atoms with Crippen LogP contribution in [-0.4, -0.2) is 13.1 Å². The second-order valence-electron chi connectivity index (χ2n) is 5.84. The molecule has 0 saturated carbocycles. The van der Waals surface area contributed by atoms with Crippen LogP contribution in [0.3, 0.4) is 0 Å². The molecular formula is C17H27F2N. The summed E-state index contributed by atoms with van der Waals surface area (Å²) in [4.78, 5) is 0. The molecular weight excluding hydrogens is 256 g/mol. The number of halogens is 2. The topological polar surface area (TPSA) is 12.0 Å². The molecule has 0 spiro atoms. The summed E-state index contributed by atoms with van der Waals surface area (Å²) >= 11 is 0. The monoisotopic (exact) mass is 283 g/mol. The molecule has 1 rings (SSSR count). The maximum absolute atomic E-state index is 13.8. The van der Waals surface area contributed by atoms with Crippen LogP contribution >= 0.6 is 0 Å². The van der Waals surface area contributed by atoms with Crippen LogP contribution in [0.4, 0.5) is 8.78 Å². The Bertz CT molecular complexity index is 349. The van der Waals surface area contributed by atoms with E-state index in [1.165, 1.54) is 31.4 Å². The molecule has 0 bridgehead atoms. The summed E-state index contributed by atoms with van der Waals surface area (Å²) in [6.45, 7) is 4.85. The highest BCUT2D eigenvalue weighted by Crippen LogP contribution is 2.26. The van der Waals surface area contributed by atoms with Crippen molar-refractivity contribution < 1.29 is 8.78 Å². The van der Waals surface area contributed by atoms with E-state index in [9.17, 15) is 8.78 Å². The Labute approximate surface area is 121 Å². The standard InChI is InChI=1S/C17H27F2N/c1-15(2)10-6-3-4-9-13-20-14-17(18,19)16-11-7-5-8-12-16/h5,7-8,11-12,15,20H,3-4,6,9-10,13-14H2,1-2H3. The molecule has 0 aliphatic rings. The van der Waals surface area contributed by atoms with Crippen molar-refractivity contribution in [1.29, 1.82) is 0 Å². The fourth-order valence-corrected chi connectivity index (χ4v) is 2.19. The molecule has 0 aliphatic heterocycles. The molecule has 1 N–H and O–H groups in total. The molecule has 114 valence electrons. The number of unbranched alkanes of at least 4 members (excludes halogenated alkanes) is 3. The van der Waals surface area contributed by atoms with E-state index in [4.69, 9.17) is 0 Å². The minimum Gasteiger partial charge on any atom is -0.311 e. The number of rotatable bonds is 10. The number of nitrogens with one attached hydrogen (secondary N) is 1. The lowest BCUT2D eigenvalue weighted by Gasteiger charge is -2.17. The quantitative estimate of drug-likeness (QED) is 0.597. The van der Waals surface area contributed by atoms with Gasteiger partial charge in [0.05, 0.1) is 6.54 Å². The molecule has 0 saturated heterocycles. The van der Waals surface area contributed by atoms with Crippen LogP contribution in [0.15, 0.2) is 30.3 Å². The van der Waals surface area contributed by atoms with Crippen molar-refractivity contribution in [3.05, 3.63) is 35.9 Å². The van der Waals surface area contributed by atoms with Crippen LogP contribution in [0.1, 0.15) is 51.5 Å². The van der Waals surface area contributed by atoms with Gasteiger partial charge < -0.3 is 5.32 Å². The van der Waals surface area contributed by atoms with Gasteiger partial charge in [0.2, 0.25) is 0 Å². The Balaban J connectivity index is 2.09. The highest BCUT2D eigenvalue weighted by molar-refractivity contribution is 5.20. The number of hydrogen-bond donors (Lipinski definition) is 1. The maximum atomic E-state index is 13.8. The van der Waals surface area contributed by atoms with Gasteiger partial charge in [-0.2, -0.15) is 8.78 Å². The van der Waals surface area contributed by atoms with Gasteiger partial charge in [0.1, 0.15) is 0 Å². The molecule has 0 atom stereocenters. The van der Waals surface area contributed by atoms with E-state index in [2.05, 4.69) is 19.2 Å². The summed E-state index contributed by atoms with van der Waals surface area (Å²) in [6.07, 6.45) is 5.81. The summed E-state index contributed by atoms with van der Waals surface area (Å²) < 4.78 is 27.6. The Morgan fingerprint density at radius 1 is 1.00 bits per heavy atom. The van der Waals surface area contributed by atoms with E-state index in [1.807, 2.05) is 0 Å². The van der Waals surface area contributed by atoms with Gasteiger partial charge in [-0.15, -0.1) is 0 Å². The molecule has 20 heavy (non-hydrogen) atoms. The van der Waals surface area contributed by atoms with Gasteiger partial charge in [0, 0.05) is 5.56 Å². The lowest BCUT2D eigenvalue weighted by Crippen LogP contribution is -2.31. The fraction of sp³-hybridized carbons (Fsp3) is 0.647. The highest BCUT2D eigenvalue weighted by Gasteiger charge is 2.30. The van der Waals surface area contributed by atoms with Gasteiger partial charge in [-0.3, -0.25) is 0 Å². The Morgan fingerprint density at radius 2 is 1.65 bits per heavy atom. The number of alkyl halides is 2. The third kappa shape index (κ3) is 6.99. The van der Waals surface area contributed by atoms with Gasteiger partial charge in [-0.1, -0.05) is 69.9 Å². The largest absolute Gasteiger partial charge is 0.311 e. The van der Waals surface area contributed by atoms with E-state index in [-0.39, 0.29) is 12.1 Å². The Morgan fingerprint density at radius 3 is 2.30 bits per heavy atom. The van der Waals surface area contributed by atoms with Crippen molar-refractivity contribution in [3.63, 3.8) is 0 Å². The molecule has 3 heteroatoms. The van der Waals surface area contributed by atoms with Crippen LogP contribution in [-0.2, 0) is 5.92 Å². The first kappa shape index (κ1) is 17.1. The SMILES string of the molecule is CC(C)CCCCCCNCC(F)(F)c1ccccc1. The van der Waals surface area contributed by atoms with Crippen LogP contribution in [0.25, 0.3) is 0 Å². The number of hydrogen-bond acceptors (Lipinski definition) is 1. The second kappa shape index (κ2) is 9.06. The predicted molar refractivity (Wildman–Crippen MR) is 81.1 cm³/mol. The van der Waals surface area contributed by atoms with Crippen LogP contribution in [0.2, 0.25) is 0 Å². The average molecular weight is 283 g/mol. The molecule has 1 nitrogen and oxygen atoms in total. The molecule has 0 fully saturated rings. The number of benzene rings is 1. The highest BCUT2D eigenvalue weighted by atomic mass is 19.3. The van der Waals surface area contributed by atoms with Crippen molar-refractivity contribution in [1.82, 2.24) is 5.32 Å². The first-order valence-corrected chi connectivity index (χ1v) is 7.66. The van der Waals surface area contributed by atoms with E-state index in [0.717, 1.165) is 18.8 Å². The Hall–Kier alpha value is -0.960. The van der Waals surface area contributed by atoms with E-state index in [0.29, 0.717) is 6.54 Å². The zero-order chi connectivity index (χ0) is 14.8.